The van der Waals surface area contributed by atoms with Crippen LogP contribution in [-0.4, -0.2) is 19.4 Å². The second kappa shape index (κ2) is 10.1. The summed E-state index contributed by atoms with van der Waals surface area (Å²) < 4.78 is 24.8. The highest BCUT2D eigenvalue weighted by Crippen LogP contribution is 2.28. The van der Waals surface area contributed by atoms with Crippen molar-refractivity contribution in [3.05, 3.63) is 89.2 Å². The largest absolute Gasteiger partial charge is 0.493 e. The van der Waals surface area contributed by atoms with Gasteiger partial charge in [-0.15, -0.1) is 0 Å². The Morgan fingerprint density at radius 2 is 1.83 bits per heavy atom. The summed E-state index contributed by atoms with van der Waals surface area (Å²) in [5.74, 6) is 0.623. The molecule has 3 aromatic rings. The Morgan fingerprint density at radius 3 is 2.60 bits per heavy atom. The molecule has 0 unspecified atom stereocenters. The number of methoxy groups -OCH3 is 1. The van der Waals surface area contributed by atoms with Gasteiger partial charge in [-0.25, -0.2) is 14.6 Å². The number of anilines is 1. The highest BCUT2D eigenvalue weighted by Gasteiger charge is 2.08. The van der Waals surface area contributed by atoms with Crippen LogP contribution in [0.2, 0.25) is 0 Å². The third-order valence-electron chi connectivity index (χ3n) is 4.30. The highest BCUT2D eigenvalue weighted by molar-refractivity contribution is 5.91. The molecule has 154 valence electrons. The SMILES string of the molecule is COc1cc(C=NNC(=O)Nc2ccccc2C)ccc1OCc1ccccc1F. The molecule has 0 fully saturated rings. The summed E-state index contributed by atoms with van der Waals surface area (Å²) in [4.78, 5) is 12.0. The van der Waals surface area contributed by atoms with E-state index in [0.29, 0.717) is 28.3 Å². The van der Waals surface area contributed by atoms with Crippen LogP contribution >= 0.6 is 0 Å². The summed E-state index contributed by atoms with van der Waals surface area (Å²) in [6, 6.07) is 18.6. The van der Waals surface area contributed by atoms with Crippen LogP contribution in [0.25, 0.3) is 0 Å². The number of benzene rings is 3. The predicted molar refractivity (Wildman–Crippen MR) is 115 cm³/mol. The molecule has 0 atom stereocenters. The fourth-order valence-corrected chi connectivity index (χ4v) is 2.68. The van der Waals surface area contributed by atoms with Crippen molar-refractivity contribution in [2.45, 2.75) is 13.5 Å². The first-order valence-electron chi connectivity index (χ1n) is 9.27. The maximum Gasteiger partial charge on any atom is 0.339 e. The first-order valence-corrected chi connectivity index (χ1v) is 9.27. The van der Waals surface area contributed by atoms with Crippen LogP contribution in [0.5, 0.6) is 11.5 Å². The van der Waals surface area contributed by atoms with Crippen molar-refractivity contribution in [1.82, 2.24) is 5.43 Å². The molecule has 0 bridgehead atoms. The number of halogens is 1. The zero-order chi connectivity index (χ0) is 21.3. The molecule has 0 saturated heterocycles. The van der Waals surface area contributed by atoms with E-state index in [1.807, 2.05) is 31.2 Å². The van der Waals surface area contributed by atoms with Gasteiger partial charge in [-0.1, -0.05) is 36.4 Å². The fraction of sp³-hybridized carbons (Fsp3) is 0.130. The summed E-state index contributed by atoms with van der Waals surface area (Å²) in [6.07, 6.45) is 1.49. The average Bonchev–Trinajstić information content (AvgIpc) is 2.75. The second-order valence-electron chi connectivity index (χ2n) is 6.43. The predicted octanol–water partition coefficient (Wildman–Crippen LogP) is 4.88. The zero-order valence-corrected chi connectivity index (χ0v) is 16.7. The molecule has 0 radical (unpaired) electrons. The van der Waals surface area contributed by atoms with Crippen molar-refractivity contribution in [3.8, 4) is 11.5 Å². The van der Waals surface area contributed by atoms with Gasteiger partial charge in [-0.3, -0.25) is 0 Å². The minimum atomic E-state index is -0.447. The van der Waals surface area contributed by atoms with Gasteiger partial charge in [-0.05, 0) is 48.4 Å². The molecule has 0 aromatic heterocycles. The number of ether oxygens (including phenoxy) is 2. The number of nitrogens with one attached hydrogen (secondary N) is 2. The molecular weight excluding hydrogens is 385 g/mol. The molecule has 7 heteroatoms. The number of hydrogen-bond acceptors (Lipinski definition) is 4. The summed E-state index contributed by atoms with van der Waals surface area (Å²) in [7, 11) is 1.51. The van der Waals surface area contributed by atoms with Crippen LogP contribution < -0.4 is 20.2 Å². The lowest BCUT2D eigenvalue weighted by molar-refractivity contribution is 0.252. The average molecular weight is 407 g/mol. The van der Waals surface area contributed by atoms with Crippen molar-refractivity contribution in [3.63, 3.8) is 0 Å². The van der Waals surface area contributed by atoms with Gasteiger partial charge in [-0.2, -0.15) is 5.10 Å². The molecule has 6 nitrogen and oxygen atoms in total. The smallest absolute Gasteiger partial charge is 0.339 e. The molecule has 2 N–H and O–H groups in total. The fourth-order valence-electron chi connectivity index (χ4n) is 2.68. The van der Waals surface area contributed by atoms with Gasteiger partial charge in [0.15, 0.2) is 11.5 Å². The van der Waals surface area contributed by atoms with Gasteiger partial charge in [0, 0.05) is 11.3 Å². The van der Waals surface area contributed by atoms with E-state index in [4.69, 9.17) is 9.47 Å². The summed E-state index contributed by atoms with van der Waals surface area (Å²) in [5.41, 5.74) is 5.23. The Balaban J connectivity index is 1.59. The number of rotatable bonds is 7. The van der Waals surface area contributed by atoms with E-state index in [9.17, 15) is 9.18 Å². The van der Waals surface area contributed by atoms with Crippen molar-refractivity contribution in [1.29, 1.82) is 0 Å². The Kier molecular flexibility index (Phi) is 7.00. The third-order valence-corrected chi connectivity index (χ3v) is 4.30. The number of urea groups is 1. The Hall–Kier alpha value is -3.87. The van der Waals surface area contributed by atoms with E-state index in [1.54, 1.807) is 36.4 Å². The molecule has 0 aliphatic heterocycles. The number of hydrogen-bond donors (Lipinski definition) is 2. The van der Waals surface area contributed by atoms with Gasteiger partial charge in [0.05, 0.1) is 13.3 Å². The van der Waals surface area contributed by atoms with E-state index >= 15 is 0 Å². The molecule has 0 saturated carbocycles. The van der Waals surface area contributed by atoms with Crippen molar-refractivity contribution in [2.24, 2.45) is 5.10 Å². The molecule has 3 aromatic carbocycles. The molecule has 0 aliphatic rings. The minimum absolute atomic E-state index is 0.0805. The Bertz CT molecular complexity index is 1050. The Morgan fingerprint density at radius 1 is 1.07 bits per heavy atom. The molecule has 3 rings (SSSR count). The lowest BCUT2D eigenvalue weighted by Gasteiger charge is -2.11. The van der Waals surface area contributed by atoms with Crippen LogP contribution in [0.1, 0.15) is 16.7 Å². The number of amides is 2. The van der Waals surface area contributed by atoms with E-state index in [1.165, 1.54) is 19.4 Å². The molecular formula is C23H22FN3O3. The van der Waals surface area contributed by atoms with Gasteiger partial charge in [0.25, 0.3) is 0 Å². The van der Waals surface area contributed by atoms with Gasteiger partial charge in [0.2, 0.25) is 0 Å². The molecule has 2 amide bonds. The number of carbonyl (C=O) groups excluding carboxylic acids is 1. The quantitative estimate of drug-likeness (QED) is 0.433. The number of nitrogens with zero attached hydrogens (tertiary/aromatic N) is 1. The maximum absolute atomic E-state index is 13.7. The van der Waals surface area contributed by atoms with Crippen LogP contribution in [0, 0.1) is 12.7 Å². The summed E-state index contributed by atoms with van der Waals surface area (Å²) in [6.45, 7) is 1.98. The van der Waals surface area contributed by atoms with Crippen LogP contribution in [0.3, 0.4) is 0 Å². The number of hydrazone groups is 1. The van der Waals surface area contributed by atoms with Crippen LogP contribution in [0.4, 0.5) is 14.9 Å². The Labute approximate surface area is 174 Å². The van der Waals surface area contributed by atoms with Crippen molar-refractivity contribution in [2.75, 3.05) is 12.4 Å². The van der Waals surface area contributed by atoms with Crippen molar-refractivity contribution >= 4 is 17.9 Å². The topological polar surface area (TPSA) is 72.0 Å². The molecule has 0 aliphatic carbocycles. The first kappa shape index (κ1) is 20.9. The van der Waals surface area contributed by atoms with Crippen LogP contribution in [-0.2, 0) is 6.61 Å². The minimum Gasteiger partial charge on any atom is -0.493 e. The van der Waals surface area contributed by atoms with Crippen LogP contribution in [0.15, 0.2) is 71.8 Å². The van der Waals surface area contributed by atoms with E-state index in [0.717, 1.165) is 5.56 Å². The first-order chi connectivity index (χ1) is 14.6. The van der Waals surface area contributed by atoms with E-state index in [-0.39, 0.29) is 12.4 Å². The number of para-hydroxylation sites is 1. The lowest BCUT2D eigenvalue weighted by Crippen LogP contribution is -2.24. The standard InChI is InChI=1S/C23H22FN3O3/c1-16-7-3-6-10-20(16)26-23(28)27-25-14-17-11-12-21(22(13-17)29-2)30-15-18-8-4-5-9-19(18)24/h3-14H,15H2,1-2H3,(H2,26,27,28). The van der Waals surface area contributed by atoms with E-state index in [2.05, 4.69) is 15.8 Å². The number of carbonyl (C=O) groups is 1. The van der Waals surface area contributed by atoms with Crippen molar-refractivity contribution < 1.29 is 18.7 Å². The molecule has 0 heterocycles. The van der Waals surface area contributed by atoms with E-state index < -0.39 is 6.03 Å². The highest BCUT2D eigenvalue weighted by atomic mass is 19.1. The second-order valence-corrected chi connectivity index (χ2v) is 6.43. The third kappa shape index (κ3) is 5.57. The summed E-state index contributed by atoms with van der Waals surface area (Å²) >= 11 is 0. The molecule has 0 spiro atoms. The van der Waals surface area contributed by atoms with Gasteiger partial charge in [0.1, 0.15) is 12.4 Å². The zero-order valence-electron chi connectivity index (χ0n) is 16.7. The number of aryl methyl sites for hydroxylation is 1. The normalized spacial score (nSPS) is 10.6. The summed E-state index contributed by atoms with van der Waals surface area (Å²) in [5, 5.41) is 6.67. The molecule has 30 heavy (non-hydrogen) atoms. The van der Waals surface area contributed by atoms with Gasteiger partial charge < -0.3 is 14.8 Å². The maximum atomic E-state index is 13.7. The van der Waals surface area contributed by atoms with Gasteiger partial charge >= 0.3 is 6.03 Å². The lowest BCUT2D eigenvalue weighted by atomic mass is 10.2. The monoisotopic (exact) mass is 407 g/mol.